The van der Waals surface area contributed by atoms with Crippen LogP contribution >= 0.6 is 0 Å². The second-order valence-electron chi connectivity index (χ2n) is 4.89. The van der Waals surface area contributed by atoms with Crippen molar-refractivity contribution in [3.8, 4) is 0 Å². The summed E-state index contributed by atoms with van der Waals surface area (Å²) in [6.07, 6.45) is 1.40. The zero-order valence-corrected chi connectivity index (χ0v) is 11.1. The fourth-order valence-corrected chi connectivity index (χ4v) is 4.53. The summed E-state index contributed by atoms with van der Waals surface area (Å²) in [7, 11) is -3.58. The van der Waals surface area contributed by atoms with E-state index in [4.69, 9.17) is 9.84 Å². The summed E-state index contributed by atoms with van der Waals surface area (Å²) in [5, 5.41) is 7.72. The van der Waals surface area contributed by atoms with Crippen molar-refractivity contribution in [3.05, 3.63) is 0 Å². The number of carbonyl (C=O) groups is 1. The van der Waals surface area contributed by atoms with Crippen molar-refractivity contribution in [2.24, 2.45) is 11.8 Å². The lowest BCUT2D eigenvalue weighted by molar-refractivity contribution is -0.137. The van der Waals surface area contributed by atoms with E-state index in [0.29, 0.717) is 26.1 Å². The largest absolute Gasteiger partial charge is 0.480 e. The average Bonchev–Trinajstić information content (AvgIpc) is 2.15. The molecular formula is C11H20O5S. The van der Waals surface area contributed by atoms with Crippen LogP contribution in [0.3, 0.4) is 0 Å². The third kappa shape index (κ3) is 3.96. The third-order valence-electron chi connectivity index (χ3n) is 3.04. The van der Waals surface area contributed by atoms with Crippen molar-refractivity contribution in [1.82, 2.24) is 0 Å². The van der Waals surface area contributed by atoms with E-state index in [1.807, 2.05) is 0 Å². The molecule has 1 fully saturated rings. The highest BCUT2D eigenvalue weighted by Crippen LogP contribution is 2.22. The van der Waals surface area contributed by atoms with E-state index >= 15 is 0 Å². The molecule has 1 rings (SSSR count). The molecule has 0 spiro atoms. The van der Waals surface area contributed by atoms with Gasteiger partial charge in [0.15, 0.2) is 15.1 Å². The van der Waals surface area contributed by atoms with Crippen molar-refractivity contribution >= 4 is 15.8 Å². The average molecular weight is 264 g/mol. The van der Waals surface area contributed by atoms with Gasteiger partial charge < -0.3 is 9.84 Å². The number of carboxylic acid groups (broad SMARTS) is 1. The van der Waals surface area contributed by atoms with Crippen molar-refractivity contribution in [1.29, 1.82) is 0 Å². The van der Waals surface area contributed by atoms with E-state index in [-0.39, 0.29) is 11.7 Å². The van der Waals surface area contributed by atoms with Crippen molar-refractivity contribution < 1.29 is 23.1 Å². The second kappa shape index (κ2) is 5.82. The Balaban J connectivity index is 2.74. The first-order valence-corrected chi connectivity index (χ1v) is 7.58. The molecule has 1 N–H and O–H groups in total. The minimum atomic E-state index is -3.58. The Labute approximate surface area is 102 Å². The monoisotopic (exact) mass is 264 g/mol. The summed E-state index contributed by atoms with van der Waals surface area (Å²) in [5.41, 5.74) is 0. The predicted octanol–water partition coefficient (Wildman–Crippen LogP) is 0.937. The zero-order chi connectivity index (χ0) is 13.1. The molecule has 0 aromatic heterocycles. The first-order chi connectivity index (χ1) is 7.84. The normalized spacial score (nSPS) is 20.4. The minimum absolute atomic E-state index is 0.0362. The van der Waals surface area contributed by atoms with Gasteiger partial charge >= 0.3 is 5.97 Å². The summed E-state index contributed by atoms with van der Waals surface area (Å²) in [4.78, 5) is 11.0. The Morgan fingerprint density at radius 2 is 1.88 bits per heavy atom. The molecule has 1 aliphatic heterocycles. The molecule has 0 aromatic carbocycles. The lowest BCUT2D eigenvalue weighted by Crippen LogP contribution is -2.39. The standard InChI is InChI=1S/C11H20O5S/c1-8(2)10(11(12)13)17(14,15)7-9-3-5-16-6-4-9/h8-10H,3-7H2,1-2H3,(H,12,13). The van der Waals surface area contributed by atoms with Crippen LogP contribution in [0.4, 0.5) is 0 Å². The number of ether oxygens (including phenoxy) is 1. The number of hydrogen-bond acceptors (Lipinski definition) is 4. The fourth-order valence-electron chi connectivity index (χ4n) is 2.20. The molecule has 100 valence electrons. The molecular weight excluding hydrogens is 244 g/mol. The maximum absolute atomic E-state index is 12.1. The molecule has 0 saturated carbocycles. The Morgan fingerprint density at radius 3 is 2.29 bits per heavy atom. The molecule has 0 amide bonds. The van der Waals surface area contributed by atoms with Gasteiger partial charge in [-0.2, -0.15) is 0 Å². The van der Waals surface area contributed by atoms with Gasteiger partial charge in [-0.05, 0) is 24.7 Å². The molecule has 1 unspecified atom stereocenters. The van der Waals surface area contributed by atoms with Gasteiger partial charge in [-0.25, -0.2) is 8.42 Å². The molecule has 0 aliphatic carbocycles. The molecule has 1 atom stereocenters. The van der Waals surface area contributed by atoms with Gasteiger partial charge in [0.05, 0.1) is 5.75 Å². The van der Waals surface area contributed by atoms with Gasteiger partial charge in [-0.1, -0.05) is 13.8 Å². The summed E-state index contributed by atoms with van der Waals surface area (Å²) in [6.45, 7) is 4.39. The summed E-state index contributed by atoms with van der Waals surface area (Å²) in [5.74, 6) is -1.65. The third-order valence-corrected chi connectivity index (χ3v) is 5.50. The van der Waals surface area contributed by atoms with Gasteiger partial charge in [0.2, 0.25) is 0 Å². The molecule has 6 heteroatoms. The highest BCUT2D eigenvalue weighted by atomic mass is 32.2. The molecule has 5 nitrogen and oxygen atoms in total. The van der Waals surface area contributed by atoms with Crippen LogP contribution < -0.4 is 0 Å². The van der Waals surface area contributed by atoms with E-state index < -0.39 is 27.0 Å². The highest BCUT2D eigenvalue weighted by Gasteiger charge is 2.37. The molecule has 1 aliphatic rings. The fraction of sp³-hybridized carbons (Fsp3) is 0.909. The van der Waals surface area contributed by atoms with Crippen LogP contribution in [-0.2, 0) is 19.4 Å². The Hall–Kier alpha value is -0.620. The van der Waals surface area contributed by atoms with Gasteiger partial charge in [-0.3, -0.25) is 4.79 Å². The Bertz CT molecular complexity index is 354. The summed E-state index contributed by atoms with van der Waals surface area (Å²) >= 11 is 0. The quantitative estimate of drug-likeness (QED) is 0.799. The first-order valence-electron chi connectivity index (χ1n) is 5.86. The van der Waals surface area contributed by atoms with Gasteiger partial charge in [0.25, 0.3) is 0 Å². The highest BCUT2D eigenvalue weighted by molar-refractivity contribution is 7.92. The second-order valence-corrected chi connectivity index (χ2v) is 7.06. The first kappa shape index (κ1) is 14.4. The van der Waals surface area contributed by atoms with E-state index in [0.717, 1.165) is 0 Å². The maximum Gasteiger partial charge on any atom is 0.322 e. The van der Waals surface area contributed by atoms with Crippen LogP contribution in [-0.4, -0.2) is 43.7 Å². The zero-order valence-electron chi connectivity index (χ0n) is 10.3. The van der Waals surface area contributed by atoms with Crippen LogP contribution in [0.5, 0.6) is 0 Å². The minimum Gasteiger partial charge on any atom is -0.480 e. The molecule has 1 heterocycles. The van der Waals surface area contributed by atoms with Crippen molar-refractivity contribution in [3.63, 3.8) is 0 Å². The van der Waals surface area contributed by atoms with Crippen LogP contribution in [0.25, 0.3) is 0 Å². The topological polar surface area (TPSA) is 80.7 Å². The van der Waals surface area contributed by atoms with Gasteiger partial charge in [0.1, 0.15) is 0 Å². The molecule has 1 saturated heterocycles. The number of sulfone groups is 1. The van der Waals surface area contributed by atoms with Crippen LogP contribution in [0, 0.1) is 11.8 Å². The molecule has 0 bridgehead atoms. The molecule has 0 radical (unpaired) electrons. The SMILES string of the molecule is CC(C)C(C(=O)O)S(=O)(=O)CC1CCOCC1. The smallest absolute Gasteiger partial charge is 0.322 e. The summed E-state index contributed by atoms with van der Waals surface area (Å²) in [6, 6.07) is 0. The van der Waals surface area contributed by atoms with Gasteiger partial charge in [-0.15, -0.1) is 0 Å². The van der Waals surface area contributed by atoms with Crippen LogP contribution in [0.1, 0.15) is 26.7 Å². The van der Waals surface area contributed by atoms with E-state index in [9.17, 15) is 13.2 Å². The van der Waals surface area contributed by atoms with Gasteiger partial charge in [0, 0.05) is 13.2 Å². The Morgan fingerprint density at radius 1 is 1.35 bits per heavy atom. The number of aliphatic carboxylic acids is 1. The predicted molar refractivity (Wildman–Crippen MR) is 63.6 cm³/mol. The summed E-state index contributed by atoms with van der Waals surface area (Å²) < 4.78 is 29.3. The number of rotatable bonds is 5. The lowest BCUT2D eigenvalue weighted by atomic mass is 10.0. The van der Waals surface area contributed by atoms with Crippen LogP contribution in [0.15, 0.2) is 0 Å². The van der Waals surface area contributed by atoms with E-state index in [1.54, 1.807) is 13.8 Å². The number of carboxylic acids is 1. The van der Waals surface area contributed by atoms with Crippen molar-refractivity contribution in [2.45, 2.75) is 31.9 Å². The van der Waals surface area contributed by atoms with E-state index in [2.05, 4.69) is 0 Å². The maximum atomic E-state index is 12.1. The van der Waals surface area contributed by atoms with E-state index in [1.165, 1.54) is 0 Å². The molecule has 0 aromatic rings. The molecule has 17 heavy (non-hydrogen) atoms. The Kier molecular flexibility index (Phi) is 4.94. The lowest BCUT2D eigenvalue weighted by Gasteiger charge is -2.24. The van der Waals surface area contributed by atoms with Crippen molar-refractivity contribution in [2.75, 3.05) is 19.0 Å². The number of hydrogen-bond donors (Lipinski definition) is 1. The van der Waals surface area contributed by atoms with Crippen LogP contribution in [0.2, 0.25) is 0 Å².